The average Bonchev–Trinajstić information content (AvgIpc) is 2.76. The normalized spacial score (nSPS) is 11.9. The van der Waals surface area contributed by atoms with Crippen LogP contribution in [0.2, 0.25) is 0 Å². The first kappa shape index (κ1) is 12.7. The molecule has 98 valence electrons. The molecule has 0 aromatic carbocycles. The number of aromatic nitrogens is 4. The first-order chi connectivity index (χ1) is 8.52. The van der Waals surface area contributed by atoms with Crippen molar-refractivity contribution in [2.75, 3.05) is 31.8 Å². The van der Waals surface area contributed by atoms with Gasteiger partial charge in [-0.25, -0.2) is 8.42 Å². The Hall–Kier alpha value is -1.74. The summed E-state index contributed by atoms with van der Waals surface area (Å²) in [4.78, 5) is 7.88. The summed E-state index contributed by atoms with van der Waals surface area (Å²) in [6.07, 6.45) is 2.59. The van der Waals surface area contributed by atoms with Crippen LogP contribution in [0.15, 0.2) is 17.4 Å². The van der Waals surface area contributed by atoms with Crippen LogP contribution in [0.1, 0.15) is 0 Å². The van der Waals surface area contributed by atoms with E-state index in [-0.39, 0.29) is 5.16 Å². The number of nitrogens with one attached hydrogen (secondary N) is 1. The van der Waals surface area contributed by atoms with Gasteiger partial charge in [0.05, 0.1) is 12.8 Å². The summed E-state index contributed by atoms with van der Waals surface area (Å²) in [6.45, 7) is 0.965. The maximum atomic E-state index is 11.5. The van der Waals surface area contributed by atoms with Gasteiger partial charge in [0.25, 0.3) is 5.16 Å². The minimum absolute atomic E-state index is 0.226. The van der Waals surface area contributed by atoms with E-state index < -0.39 is 9.84 Å². The minimum Gasteiger partial charge on any atom is -0.383 e. The lowest BCUT2D eigenvalue weighted by atomic mass is 10.6. The Bertz CT molecular complexity index is 651. The molecular formula is C9H13N5O3S. The quantitative estimate of drug-likeness (QED) is 0.738. The molecule has 0 spiro atoms. The minimum atomic E-state index is -3.46. The van der Waals surface area contributed by atoms with Gasteiger partial charge in [-0.05, 0) is 0 Å². The van der Waals surface area contributed by atoms with Gasteiger partial charge in [0.1, 0.15) is 0 Å². The molecule has 0 bridgehead atoms. The van der Waals surface area contributed by atoms with Gasteiger partial charge in [0.2, 0.25) is 15.8 Å². The topological polar surface area (TPSA) is 98.5 Å². The van der Waals surface area contributed by atoms with Crippen molar-refractivity contribution in [3.05, 3.63) is 12.3 Å². The summed E-state index contributed by atoms with van der Waals surface area (Å²) in [6, 6.07) is 1.61. The molecule has 2 aromatic heterocycles. The smallest absolute Gasteiger partial charge is 0.252 e. The van der Waals surface area contributed by atoms with Crippen molar-refractivity contribution in [1.82, 2.24) is 19.6 Å². The highest BCUT2D eigenvalue weighted by molar-refractivity contribution is 7.90. The SMILES string of the molecule is COCCNc1nc(S(C)(=O)=O)nc2ccnn12. The molecule has 8 nitrogen and oxygen atoms in total. The van der Waals surface area contributed by atoms with E-state index >= 15 is 0 Å². The Labute approximate surface area is 104 Å². The number of hydrogen-bond acceptors (Lipinski definition) is 7. The first-order valence-electron chi connectivity index (χ1n) is 5.17. The lowest BCUT2D eigenvalue weighted by molar-refractivity contribution is 0.210. The van der Waals surface area contributed by atoms with E-state index in [0.717, 1.165) is 6.26 Å². The summed E-state index contributed by atoms with van der Waals surface area (Å²) >= 11 is 0. The van der Waals surface area contributed by atoms with E-state index in [1.807, 2.05) is 0 Å². The maximum absolute atomic E-state index is 11.5. The molecule has 9 heteroatoms. The summed E-state index contributed by atoms with van der Waals surface area (Å²) in [5.74, 6) is 0.322. The fourth-order valence-electron chi connectivity index (χ4n) is 1.35. The van der Waals surface area contributed by atoms with Crippen molar-refractivity contribution >= 4 is 21.4 Å². The molecule has 0 unspecified atom stereocenters. The van der Waals surface area contributed by atoms with Crippen molar-refractivity contribution in [1.29, 1.82) is 0 Å². The Morgan fingerprint density at radius 3 is 2.89 bits per heavy atom. The monoisotopic (exact) mass is 271 g/mol. The number of hydrogen-bond donors (Lipinski definition) is 1. The van der Waals surface area contributed by atoms with E-state index in [0.29, 0.717) is 24.7 Å². The van der Waals surface area contributed by atoms with E-state index in [1.54, 1.807) is 13.2 Å². The fraction of sp³-hybridized carbons (Fsp3) is 0.444. The summed E-state index contributed by atoms with van der Waals surface area (Å²) in [7, 11) is -1.88. The van der Waals surface area contributed by atoms with Crippen molar-refractivity contribution in [2.45, 2.75) is 5.16 Å². The predicted octanol–water partition coefficient (Wildman–Crippen LogP) is -0.414. The fourth-order valence-corrected chi connectivity index (χ4v) is 1.86. The average molecular weight is 271 g/mol. The van der Waals surface area contributed by atoms with Gasteiger partial charge in [-0.3, -0.25) is 0 Å². The third kappa shape index (κ3) is 2.57. The van der Waals surface area contributed by atoms with Crippen LogP contribution in [-0.2, 0) is 14.6 Å². The molecule has 2 rings (SSSR count). The Morgan fingerprint density at radius 1 is 1.44 bits per heavy atom. The zero-order valence-corrected chi connectivity index (χ0v) is 10.8. The maximum Gasteiger partial charge on any atom is 0.252 e. The van der Waals surface area contributed by atoms with Crippen molar-refractivity contribution < 1.29 is 13.2 Å². The summed E-state index contributed by atoms with van der Waals surface area (Å²) < 4.78 is 29.3. The van der Waals surface area contributed by atoms with E-state index in [2.05, 4.69) is 20.4 Å². The van der Waals surface area contributed by atoms with Gasteiger partial charge >= 0.3 is 0 Å². The van der Waals surface area contributed by atoms with Crippen molar-refractivity contribution in [3.8, 4) is 0 Å². The first-order valence-corrected chi connectivity index (χ1v) is 7.06. The standard InChI is InChI=1S/C9H13N5O3S/c1-17-6-5-10-8-13-9(18(2,15)16)12-7-3-4-11-14(7)8/h3-4H,5-6H2,1-2H3,(H,10,12,13). The largest absolute Gasteiger partial charge is 0.383 e. The molecule has 2 aromatic rings. The third-order valence-corrected chi connectivity index (χ3v) is 3.00. The van der Waals surface area contributed by atoms with Gasteiger partial charge in [0, 0.05) is 26.0 Å². The number of anilines is 1. The molecular weight excluding hydrogens is 258 g/mol. The highest BCUT2D eigenvalue weighted by Gasteiger charge is 2.15. The Balaban J connectivity index is 2.45. The molecule has 1 N–H and O–H groups in total. The van der Waals surface area contributed by atoms with Crippen LogP contribution in [0.4, 0.5) is 5.95 Å². The van der Waals surface area contributed by atoms with Crippen LogP contribution in [-0.4, -0.2) is 54.5 Å². The molecule has 0 aliphatic rings. The lowest BCUT2D eigenvalue weighted by Gasteiger charge is -2.07. The van der Waals surface area contributed by atoms with Crippen LogP contribution < -0.4 is 5.32 Å². The molecule has 0 saturated heterocycles. The second kappa shape index (κ2) is 4.86. The predicted molar refractivity (Wildman–Crippen MR) is 64.3 cm³/mol. The third-order valence-electron chi connectivity index (χ3n) is 2.16. The second-order valence-electron chi connectivity index (χ2n) is 3.62. The number of fused-ring (bicyclic) bond motifs is 1. The van der Waals surface area contributed by atoms with Gasteiger partial charge in [-0.1, -0.05) is 0 Å². The molecule has 0 aliphatic heterocycles. The number of rotatable bonds is 5. The molecule has 0 atom stereocenters. The van der Waals surface area contributed by atoms with E-state index in [9.17, 15) is 8.42 Å². The molecule has 18 heavy (non-hydrogen) atoms. The van der Waals surface area contributed by atoms with Crippen LogP contribution in [0.5, 0.6) is 0 Å². The lowest BCUT2D eigenvalue weighted by Crippen LogP contribution is -2.16. The Morgan fingerprint density at radius 2 is 2.22 bits per heavy atom. The number of sulfone groups is 1. The van der Waals surface area contributed by atoms with E-state index in [1.165, 1.54) is 10.7 Å². The zero-order chi connectivity index (χ0) is 13.2. The highest BCUT2D eigenvalue weighted by atomic mass is 32.2. The molecule has 0 saturated carbocycles. The second-order valence-corrected chi connectivity index (χ2v) is 5.53. The molecule has 0 aliphatic carbocycles. The van der Waals surface area contributed by atoms with Crippen LogP contribution in [0.3, 0.4) is 0 Å². The van der Waals surface area contributed by atoms with Crippen LogP contribution in [0, 0.1) is 0 Å². The molecule has 0 amide bonds. The molecule has 0 radical (unpaired) electrons. The Kier molecular flexibility index (Phi) is 3.43. The van der Waals surface area contributed by atoms with E-state index in [4.69, 9.17) is 4.74 Å². The highest BCUT2D eigenvalue weighted by Crippen LogP contribution is 2.11. The number of methoxy groups -OCH3 is 1. The van der Waals surface area contributed by atoms with Gasteiger partial charge in [-0.15, -0.1) is 0 Å². The van der Waals surface area contributed by atoms with Gasteiger partial charge in [-0.2, -0.15) is 19.6 Å². The van der Waals surface area contributed by atoms with Crippen molar-refractivity contribution in [3.63, 3.8) is 0 Å². The molecule has 0 fully saturated rings. The van der Waals surface area contributed by atoms with Crippen LogP contribution >= 0.6 is 0 Å². The summed E-state index contributed by atoms with van der Waals surface area (Å²) in [5.41, 5.74) is 0.422. The molecule has 2 heterocycles. The summed E-state index contributed by atoms with van der Waals surface area (Å²) in [5, 5.41) is 6.73. The zero-order valence-electron chi connectivity index (χ0n) is 9.99. The van der Waals surface area contributed by atoms with Gasteiger partial charge < -0.3 is 10.1 Å². The number of ether oxygens (including phenoxy) is 1. The van der Waals surface area contributed by atoms with Crippen molar-refractivity contribution in [2.24, 2.45) is 0 Å². The van der Waals surface area contributed by atoms with Gasteiger partial charge in [0.15, 0.2) is 5.65 Å². The van der Waals surface area contributed by atoms with Crippen LogP contribution in [0.25, 0.3) is 5.65 Å². The number of nitrogens with zero attached hydrogens (tertiary/aromatic N) is 4.